The number of carbonyl (C=O) groups excluding carboxylic acids is 5. The topological polar surface area (TPSA) is 256 Å². The molecule has 0 aromatic carbocycles. The minimum Gasteiger partial charge on any atom is -0.481 e. The maximum Gasteiger partial charge on any atom is 0.490 e. The van der Waals surface area contributed by atoms with Gasteiger partial charge in [-0.05, 0) is 64.5 Å². The summed E-state index contributed by atoms with van der Waals surface area (Å²) in [5, 5.41) is 20.3. The van der Waals surface area contributed by atoms with Crippen molar-refractivity contribution in [2.75, 3.05) is 26.3 Å². The molecule has 3 N–H and O–H groups in total. The molecule has 0 aliphatic carbocycles. The normalized spacial score (nSPS) is 18.2. The van der Waals surface area contributed by atoms with Crippen LogP contribution in [0.2, 0.25) is 10.0 Å². The van der Waals surface area contributed by atoms with Gasteiger partial charge in [0.2, 0.25) is 17.7 Å². The number of alkyl halides is 3. The first-order valence-corrected chi connectivity index (χ1v) is 24.6. The molecule has 0 unspecified atom stereocenters. The Hall–Kier alpha value is -6.00. The lowest BCUT2D eigenvalue weighted by molar-refractivity contribution is -0.192. The number of hydrogen-bond donors (Lipinski definition) is 3. The number of nitrogens with zero attached hydrogens (tertiary/aromatic N) is 3. The maximum absolute atomic E-state index is 13.7. The Morgan fingerprint density at radius 2 is 1.12 bits per heavy atom. The maximum atomic E-state index is 13.7. The molecule has 4 heterocycles. The summed E-state index contributed by atoms with van der Waals surface area (Å²) in [6, 6.07) is 5.49. The summed E-state index contributed by atoms with van der Waals surface area (Å²) in [4.78, 5) is 91.8. The molecule has 2 aromatic heterocycles. The van der Waals surface area contributed by atoms with Crippen molar-refractivity contribution in [1.29, 1.82) is 0 Å². The molecular formula is C52H73Cl2F3N4O15. The van der Waals surface area contributed by atoms with E-state index in [4.69, 9.17) is 66.6 Å². The molecule has 19 nitrogen and oxygen atoms in total. The number of esters is 4. The van der Waals surface area contributed by atoms with E-state index in [2.05, 4.69) is 28.4 Å². The van der Waals surface area contributed by atoms with Crippen molar-refractivity contribution >= 4 is 64.9 Å². The lowest BCUT2D eigenvalue weighted by Gasteiger charge is -2.34. The Morgan fingerprint density at radius 3 is 1.49 bits per heavy atom. The van der Waals surface area contributed by atoms with Gasteiger partial charge >= 0.3 is 42.0 Å². The summed E-state index contributed by atoms with van der Waals surface area (Å²) in [6.07, 6.45) is 0.913. The second-order valence-electron chi connectivity index (χ2n) is 21.4. The van der Waals surface area contributed by atoms with Crippen LogP contribution in [0, 0.1) is 22.7 Å². The van der Waals surface area contributed by atoms with Crippen LogP contribution in [0.5, 0.6) is 11.8 Å². The van der Waals surface area contributed by atoms with Crippen LogP contribution in [0.25, 0.3) is 0 Å². The van der Waals surface area contributed by atoms with Crippen LogP contribution in [0.15, 0.2) is 62.0 Å². The van der Waals surface area contributed by atoms with E-state index in [1.807, 2.05) is 20.8 Å². The molecule has 76 heavy (non-hydrogen) atoms. The van der Waals surface area contributed by atoms with Crippen LogP contribution in [0.4, 0.5) is 13.2 Å². The van der Waals surface area contributed by atoms with Crippen molar-refractivity contribution in [3.8, 4) is 11.8 Å². The Morgan fingerprint density at radius 1 is 0.697 bits per heavy atom. The summed E-state index contributed by atoms with van der Waals surface area (Å²) in [6.45, 7) is 29.7. The molecule has 0 bridgehead atoms. The molecule has 2 fully saturated rings. The molecule has 0 radical (unpaired) electrons. The summed E-state index contributed by atoms with van der Waals surface area (Å²) in [7, 11) is 0. The number of aromatic nitrogens is 2. The lowest BCUT2D eigenvalue weighted by Crippen LogP contribution is -2.48. The van der Waals surface area contributed by atoms with Crippen molar-refractivity contribution < 1.29 is 85.4 Å². The van der Waals surface area contributed by atoms with Gasteiger partial charge in [0.1, 0.15) is 48.7 Å². The molecule has 6 atom stereocenters. The van der Waals surface area contributed by atoms with Crippen molar-refractivity contribution in [3.05, 3.63) is 72.0 Å². The third-order valence-corrected chi connectivity index (χ3v) is 10.8. The van der Waals surface area contributed by atoms with Crippen molar-refractivity contribution in [1.82, 2.24) is 20.2 Å². The number of halogens is 5. The average molecular weight is 1120 g/mol. The number of hydrogen-bond acceptors (Lipinski definition) is 16. The predicted molar refractivity (Wildman–Crippen MR) is 274 cm³/mol. The molecule has 24 heteroatoms. The second kappa shape index (κ2) is 30.1. The zero-order valence-electron chi connectivity index (χ0n) is 45.1. The number of carboxylic acid groups (broad SMARTS) is 2. The number of likely N-dealkylation sites (tertiary alicyclic amines) is 1. The summed E-state index contributed by atoms with van der Waals surface area (Å²) < 4.78 is 64.1. The molecule has 2 aliphatic heterocycles. The standard InChI is InChI=1S/C25H35ClN2O6.C13H15ClN2O3.C12H22O4.C2HF3O2/c1-8-11-32-23(31)19-12-17(33-20-10-9-16(26)14-27-20)15-28(19)22(30)18(24(2,3)4)13-21(29)34-25(5,6)7;1-2-5-18-13(17)11-6-10(8-15-11)19-12-4-3-9(14)7-16-12;1-11(2,3)8(10(14)15)7-9(13)16-12(4,5)6;3-2(4,5)1(6)7/h8-10,14,17-19H,1,11-13,15H2,2-7H3;2-4,7,10-11,15H,1,5-6,8H2;8H,7H2,1-6H3,(H,14,15);(H,6,7)/t17-,18-,19+;10-,11+;8-;/m111./s1. The Labute approximate surface area is 452 Å². The zero-order valence-corrected chi connectivity index (χ0v) is 46.6. The first-order valence-electron chi connectivity index (χ1n) is 23.9. The fraction of sp³-hybridized carbons (Fsp3) is 0.596. The van der Waals surface area contributed by atoms with Crippen molar-refractivity contribution in [2.24, 2.45) is 22.7 Å². The van der Waals surface area contributed by atoms with Crippen LogP contribution < -0.4 is 14.8 Å². The smallest absolute Gasteiger partial charge is 0.481 e. The number of carboxylic acids is 2. The van der Waals surface area contributed by atoms with Crippen LogP contribution in [-0.2, 0) is 52.5 Å². The van der Waals surface area contributed by atoms with E-state index >= 15 is 0 Å². The van der Waals surface area contributed by atoms with E-state index in [1.54, 1.807) is 92.7 Å². The highest BCUT2D eigenvalue weighted by Gasteiger charge is 2.47. The van der Waals surface area contributed by atoms with Gasteiger partial charge in [-0.2, -0.15) is 13.2 Å². The third kappa shape index (κ3) is 26.7. The van der Waals surface area contributed by atoms with Crippen LogP contribution in [0.3, 0.4) is 0 Å². The van der Waals surface area contributed by atoms with E-state index < -0.39 is 82.0 Å². The highest BCUT2D eigenvalue weighted by molar-refractivity contribution is 6.30. The Kier molecular flexibility index (Phi) is 26.9. The molecule has 0 spiro atoms. The van der Waals surface area contributed by atoms with Crippen LogP contribution in [-0.4, -0.2) is 135 Å². The number of aliphatic carboxylic acids is 2. The van der Waals surface area contributed by atoms with Gasteiger partial charge < -0.3 is 48.9 Å². The van der Waals surface area contributed by atoms with E-state index in [0.717, 1.165) is 0 Å². The molecule has 2 aliphatic rings. The number of nitrogens with one attached hydrogen (secondary N) is 1. The highest BCUT2D eigenvalue weighted by atomic mass is 35.5. The van der Waals surface area contributed by atoms with Gasteiger partial charge in [-0.25, -0.2) is 19.6 Å². The largest absolute Gasteiger partial charge is 0.490 e. The van der Waals surface area contributed by atoms with Crippen molar-refractivity contribution in [3.63, 3.8) is 0 Å². The van der Waals surface area contributed by atoms with Gasteiger partial charge in [-0.15, -0.1) is 0 Å². The van der Waals surface area contributed by atoms with Gasteiger partial charge in [0.25, 0.3) is 0 Å². The Balaban J connectivity index is 0.000000578. The van der Waals surface area contributed by atoms with E-state index in [9.17, 15) is 41.9 Å². The number of carbonyl (C=O) groups is 7. The first kappa shape index (κ1) is 68.0. The molecule has 4 rings (SSSR count). The molecule has 2 saturated heterocycles. The van der Waals surface area contributed by atoms with Gasteiger partial charge in [0, 0.05) is 43.9 Å². The lowest BCUT2D eigenvalue weighted by atomic mass is 9.77. The summed E-state index contributed by atoms with van der Waals surface area (Å²) >= 11 is 11.6. The Bertz CT molecular complexity index is 2260. The molecule has 2 aromatic rings. The van der Waals surface area contributed by atoms with Gasteiger partial charge in [0.05, 0.1) is 41.3 Å². The molecule has 426 valence electrons. The molecule has 0 saturated carbocycles. The fourth-order valence-corrected chi connectivity index (χ4v) is 7.06. The van der Waals surface area contributed by atoms with Gasteiger partial charge in [0.15, 0.2) is 0 Å². The quantitative estimate of drug-likeness (QED) is 0.0805. The van der Waals surface area contributed by atoms with Crippen LogP contribution in [0.1, 0.15) is 109 Å². The average Bonchev–Trinajstić information content (AvgIpc) is 3.93. The second-order valence-corrected chi connectivity index (χ2v) is 22.3. The minimum atomic E-state index is -5.08. The number of ether oxygens (including phenoxy) is 6. The predicted octanol–water partition coefficient (Wildman–Crippen LogP) is 8.88. The summed E-state index contributed by atoms with van der Waals surface area (Å²) in [5.74, 6) is -6.40. The first-order chi connectivity index (χ1) is 34.8. The molecule has 1 amide bonds. The van der Waals surface area contributed by atoms with Gasteiger partial charge in [-0.3, -0.25) is 24.0 Å². The fourth-order valence-electron chi connectivity index (χ4n) is 6.83. The van der Waals surface area contributed by atoms with E-state index in [0.29, 0.717) is 34.8 Å². The number of rotatable bonds is 16. The summed E-state index contributed by atoms with van der Waals surface area (Å²) in [5.41, 5.74) is -2.25. The number of pyridine rings is 2. The zero-order chi connectivity index (χ0) is 58.6. The molecular weight excluding hydrogens is 1050 g/mol. The highest BCUT2D eigenvalue weighted by Crippen LogP contribution is 2.35. The van der Waals surface area contributed by atoms with E-state index in [-0.39, 0.29) is 63.0 Å². The number of amides is 1. The monoisotopic (exact) mass is 1120 g/mol. The SMILES string of the molecule is C=CCOC(=O)[C@@H]1C[C@@H](Oc2ccc(Cl)cn2)CN1.C=CCOC(=O)[C@@H]1C[C@@H](Oc2ccc(Cl)cn2)CN1C(=O)[C@@H](CC(=O)OC(C)(C)C)C(C)(C)C.CC(C)(C)OC(=O)C[C@H](C(=O)O)C(C)(C)C.O=C(O)C(F)(F)F. The minimum absolute atomic E-state index is 0.0300. The van der Waals surface area contributed by atoms with Gasteiger partial charge in [-0.1, -0.05) is 90.1 Å². The van der Waals surface area contributed by atoms with Crippen molar-refractivity contribution in [2.45, 2.75) is 150 Å². The van der Waals surface area contributed by atoms with E-state index in [1.165, 1.54) is 23.4 Å². The third-order valence-electron chi connectivity index (χ3n) is 10.4. The van der Waals surface area contributed by atoms with Crippen LogP contribution >= 0.6 is 23.2 Å².